The molecule has 0 saturated heterocycles. The lowest BCUT2D eigenvalue weighted by atomic mass is 10.0. The molecule has 98 valence electrons. The van der Waals surface area contributed by atoms with Gasteiger partial charge < -0.3 is 11.1 Å². The summed E-state index contributed by atoms with van der Waals surface area (Å²) in [6.07, 6.45) is 5.06. The van der Waals surface area contributed by atoms with Gasteiger partial charge in [0.1, 0.15) is 6.04 Å². The van der Waals surface area contributed by atoms with Gasteiger partial charge in [-0.2, -0.15) is 0 Å². The number of hydrogen-bond donors (Lipinski definition) is 2. The second-order valence-electron chi connectivity index (χ2n) is 5.28. The largest absolute Gasteiger partial charge is 0.354 e. The minimum absolute atomic E-state index is 0.0641. The zero-order chi connectivity index (χ0) is 13.0. The fraction of sp³-hybridized carbons (Fsp3) is 0.533. The first-order chi connectivity index (χ1) is 8.66. The molecule has 3 N–H and O–H groups in total. The summed E-state index contributed by atoms with van der Waals surface area (Å²) in [6, 6.07) is 7.27. The van der Waals surface area contributed by atoms with Crippen LogP contribution in [0.2, 0.25) is 0 Å². The predicted molar refractivity (Wildman–Crippen MR) is 73.1 cm³/mol. The molecular weight excluding hydrogens is 224 g/mol. The molecule has 0 aliphatic heterocycles. The zero-order valence-electron chi connectivity index (χ0n) is 11.0. The normalized spacial score (nSPS) is 17.7. The molecule has 1 aromatic carbocycles. The van der Waals surface area contributed by atoms with Crippen LogP contribution in [0.15, 0.2) is 24.3 Å². The summed E-state index contributed by atoms with van der Waals surface area (Å²) in [5.74, 6) is 0.588. The van der Waals surface area contributed by atoms with Crippen LogP contribution in [0, 0.1) is 12.8 Å². The fourth-order valence-electron chi connectivity index (χ4n) is 2.49. The molecular formula is C15H22N2O. The van der Waals surface area contributed by atoms with Crippen LogP contribution >= 0.6 is 0 Å². The molecule has 1 aliphatic carbocycles. The second kappa shape index (κ2) is 6.01. The Morgan fingerprint density at radius 2 is 1.94 bits per heavy atom. The summed E-state index contributed by atoms with van der Waals surface area (Å²) >= 11 is 0. The highest BCUT2D eigenvalue weighted by Crippen LogP contribution is 2.23. The first-order valence-electron chi connectivity index (χ1n) is 6.76. The summed E-state index contributed by atoms with van der Waals surface area (Å²) in [5, 5.41) is 2.97. The van der Waals surface area contributed by atoms with Crippen LogP contribution in [0.4, 0.5) is 0 Å². The van der Waals surface area contributed by atoms with Crippen molar-refractivity contribution in [3.8, 4) is 0 Å². The van der Waals surface area contributed by atoms with Crippen LogP contribution in [0.25, 0.3) is 0 Å². The third-order valence-corrected chi connectivity index (χ3v) is 3.76. The molecule has 1 aliphatic rings. The van der Waals surface area contributed by atoms with Crippen molar-refractivity contribution in [3.63, 3.8) is 0 Å². The van der Waals surface area contributed by atoms with E-state index in [1.165, 1.54) is 31.2 Å². The van der Waals surface area contributed by atoms with Gasteiger partial charge in [-0.15, -0.1) is 0 Å². The van der Waals surface area contributed by atoms with Gasteiger partial charge in [0.25, 0.3) is 0 Å². The van der Waals surface area contributed by atoms with Gasteiger partial charge in [-0.25, -0.2) is 0 Å². The smallest absolute Gasteiger partial charge is 0.241 e. The molecule has 1 saturated carbocycles. The molecule has 3 nitrogen and oxygen atoms in total. The van der Waals surface area contributed by atoms with E-state index in [0.717, 1.165) is 12.1 Å². The molecule has 0 spiro atoms. The number of nitrogens with two attached hydrogens (primary N) is 1. The number of amides is 1. The van der Waals surface area contributed by atoms with Crippen molar-refractivity contribution in [2.24, 2.45) is 11.7 Å². The van der Waals surface area contributed by atoms with Crippen molar-refractivity contribution in [2.45, 2.75) is 38.6 Å². The third-order valence-electron chi connectivity index (χ3n) is 3.76. The highest BCUT2D eigenvalue weighted by Gasteiger charge is 2.19. The maximum Gasteiger partial charge on any atom is 0.241 e. The molecule has 3 heteroatoms. The number of nitrogens with one attached hydrogen (secondary N) is 1. The molecule has 0 heterocycles. The van der Waals surface area contributed by atoms with E-state index in [1.807, 2.05) is 31.2 Å². The Bertz CT molecular complexity index is 393. The van der Waals surface area contributed by atoms with Gasteiger partial charge in [0.05, 0.1) is 0 Å². The summed E-state index contributed by atoms with van der Waals surface area (Å²) in [4.78, 5) is 11.9. The highest BCUT2D eigenvalue weighted by molar-refractivity contribution is 5.82. The lowest BCUT2D eigenvalue weighted by Crippen LogP contribution is -2.36. The van der Waals surface area contributed by atoms with Gasteiger partial charge in [0.2, 0.25) is 5.91 Å². The molecule has 0 bridgehead atoms. The summed E-state index contributed by atoms with van der Waals surface area (Å²) in [7, 11) is 0. The van der Waals surface area contributed by atoms with Crippen LogP contribution in [0.5, 0.6) is 0 Å². The van der Waals surface area contributed by atoms with Crippen molar-refractivity contribution in [2.75, 3.05) is 6.54 Å². The molecule has 0 radical (unpaired) electrons. The van der Waals surface area contributed by atoms with Crippen LogP contribution in [-0.4, -0.2) is 12.5 Å². The topological polar surface area (TPSA) is 55.1 Å². The van der Waals surface area contributed by atoms with Crippen molar-refractivity contribution < 1.29 is 4.79 Å². The van der Waals surface area contributed by atoms with Crippen LogP contribution < -0.4 is 11.1 Å². The van der Waals surface area contributed by atoms with Crippen molar-refractivity contribution in [1.29, 1.82) is 0 Å². The lowest BCUT2D eigenvalue weighted by Gasteiger charge is -2.15. The second-order valence-corrected chi connectivity index (χ2v) is 5.28. The minimum atomic E-state index is -0.549. The van der Waals surface area contributed by atoms with E-state index in [2.05, 4.69) is 5.32 Å². The van der Waals surface area contributed by atoms with Crippen LogP contribution in [0.1, 0.15) is 42.9 Å². The number of aryl methyl sites for hydroxylation is 1. The van der Waals surface area contributed by atoms with E-state index in [-0.39, 0.29) is 5.91 Å². The van der Waals surface area contributed by atoms with Crippen molar-refractivity contribution >= 4 is 5.91 Å². The molecule has 1 unspecified atom stereocenters. The van der Waals surface area contributed by atoms with Crippen LogP contribution in [-0.2, 0) is 4.79 Å². The average molecular weight is 246 g/mol. The number of carbonyl (C=O) groups excluding carboxylic acids is 1. The Hall–Kier alpha value is -1.35. The Labute approximate surface area is 109 Å². The zero-order valence-corrected chi connectivity index (χ0v) is 11.0. The van der Waals surface area contributed by atoms with E-state index < -0.39 is 6.04 Å². The van der Waals surface area contributed by atoms with Gasteiger partial charge in [0, 0.05) is 6.54 Å². The Balaban J connectivity index is 1.85. The van der Waals surface area contributed by atoms with E-state index in [4.69, 9.17) is 5.73 Å². The van der Waals surface area contributed by atoms with Gasteiger partial charge >= 0.3 is 0 Å². The quantitative estimate of drug-likeness (QED) is 0.856. The molecule has 1 amide bonds. The van der Waals surface area contributed by atoms with Gasteiger partial charge in [-0.1, -0.05) is 42.7 Å². The van der Waals surface area contributed by atoms with E-state index >= 15 is 0 Å². The standard InChI is InChI=1S/C15H22N2O/c1-11-6-8-13(9-7-11)14(16)15(18)17-10-12-4-2-3-5-12/h6-9,12,14H,2-5,10,16H2,1H3,(H,17,18). The fourth-order valence-corrected chi connectivity index (χ4v) is 2.49. The van der Waals surface area contributed by atoms with Crippen LogP contribution in [0.3, 0.4) is 0 Å². The Morgan fingerprint density at radius 1 is 1.33 bits per heavy atom. The summed E-state index contributed by atoms with van der Waals surface area (Å²) in [6.45, 7) is 2.80. The van der Waals surface area contributed by atoms with E-state index in [1.54, 1.807) is 0 Å². The minimum Gasteiger partial charge on any atom is -0.354 e. The molecule has 1 atom stereocenters. The Kier molecular flexibility index (Phi) is 4.37. The third kappa shape index (κ3) is 3.33. The Morgan fingerprint density at radius 3 is 2.56 bits per heavy atom. The van der Waals surface area contributed by atoms with Gasteiger partial charge in [0.15, 0.2) is 0 Å². The maximum atomic E-state index is 11.9. The monoisotopic (exact) mass is 246 g/mol. The molecule has 0 aromatic heterocycles. The van der Waals surface area contributed by atoms with E-state index in [9.17, 15) is 4.79 Å². The number of benzene rings is 1. The molecule has 18 heavy (non-hydrogen) atoms. The summed E-state index contributed by atoms with van der Waals surface area (Å²) in [5.41, 5.74) is 8.02. The lowest BCUT2D eigenvalue weighted by molar-refractivity contribution is -0.122. The predicted octanol–water partition coefficient (Wildman–Crippen LogP) is 2.30. The number of carbonyl (C=O) groups is 1. The molecule has 2 rings (SSSR count). The first-order valence-corrected chi connectivity index (χ1v) is 6.76. The first kappa shape index (κ1) is 13.1. The maximum absolute atomic E-state index is 11.9. The molecule has 1 fully saturated rings. The van der Waals surface area contributed by atoms with Gasteiger partial charge in [-0.05, 0) is 31.2 Å². The number of rotatable bonds is 4. The van der Waals surface area contributed by atoms with Crippen molar-refractivity contribution in [3.05, 3.63) is 35.4 Å². The number of hydrogen-bond acceptors (Lipinski definition) is 2. The van der Waals surface area contributed by atoms with Gasteiger partial charge in [-0.3, -0.25) is 4.79 Å². The van der Waals surface area contributed by atoms with E-state index in [0.29, 0.717) is 5.92 Å². The SMILES string of the molecule is Cc1ccc(C(N)C(=O)NCC2CCCC2)cc1. The average Bonchev–Trinajstić information content (AvgIpc) is 2.89. The highest BCUT2D eigenvalue weighted by atomic mass is 16.2. The van der Waals surface area contributed by atoms with Crippen molar-refractivity contribution in [1.82, 2.24) is 5.32 Å². The summed E-state index contributed by atoms with van der Waals surface area (Å²) < 4.78 is 0. The molecule has 1 aromatic rings.